The number of phenols is 1. The minimum atomic E-state index is -1.21. The van der Waals surface area contributed by atoms with Crippen LogP contribution >= 0.6 is 0 Å². The second-order valence-corrected chi connectivity index (χ2v) is 9.76. The van der Waals surface area contributed by atoms with Gasteiger partial charge in [-0.1, -0.05) is 13.8 Å². The summed E-state index contributed by atoms with van der Waals surface area (Å²) in [6.07, 6.45) is 0. The van der Waals surface area contributed by atoms with Crippen molar-refractivity contribution in [1.82, 2.24) is 25.9 Å². The van der Waals surface area contributed by atoms with Crippen molar-refractivity contribution in [3.05, 3.63) is 47.0 Å². The number of phenolic OH excluding ortho intramolecular Hbond substituents is 1. The van der Waals surface area contributed by atoms with Crippen LogP contribution in [0.15, 0.2) is 30.3 Å². The van der Waals surface area contributed by atoms with Crippen LogP contribution in [0, 0.1) is 19.8 Å². The van der Waals surface area contributed by atoms with Crippen LogP contribution < -0.4 is 16.0 Å². The Morgan fingerprint density at radius 3 is 2.16 bits per heavy atom. The lowest BCUT2D eigenvalue weighted by Gasteiger charge is -2.24. The molecular formula is C27H33N5O6. The van der Waals surface area contributed by atoms with Gasteiger partial charge in [0.05, 0.1) is 16.6 Å². The van der Waals surface area contributed by atoms with Crippen molar-refractivity contribution in [3.63, 3.8) is 0 Å². The number of rotatable bonds is 9. The minimum Gasteiger partial charge on any atom is -0.507 e. The third-order valence-corrected chi connectivity index (χ3v) is 6.33. The SMILES string of the molecule is Cc1cc2nc(-c3ccc(O)c(C(=O)N[C@@H](C)C(=O)N[C@H](C(=O)N[C@@H](C)C(=O)O)C(C)C)c3)[nH]c2cc1C. The molecular weight excluding hydrogens is 490 g/mol. The van der Waals surface area contributed by atoms with Gasteiger partial charge in [-0.3, -0.25) is 19.2 Å². The molecule has 0 aliphatic rings. The lowest BCUT2D eigenvalue weighted by molar-refractivity contribution is -0.142. The van der Waals surface area contributed by atoms with E-state index in [0.717, 1.165) is 22.2 Å². The maximum atomic E-state index is 13.0. The summed E-state index contributed by atoms with van der Waals surface area (Å²) < 4.78 is 0. The van der Waals surface area contributed by atoms with Gasteiger partial charge in [-0.25, -0.2) is 4.98 Å². The molecule has 0 unspecified atom stereocenters. The Hall–Kier alpha value is -4.41. The molecule has 11 heteroatoms. The first-order valence-electron chi connectivity index (χ1n) is 12.2. The van der Waals surface area contributed by atoms with Crippen molar-refractivity contribution in [2.75, 3.05) is 0 Å². The molecule has 0 spiro atoms. The first kappa shape index (κ1) is 28.2. The zero-order chi connectivity index (χ0) is 28.3. The third-order valence-electron chi connectivity index (χ3n) is 6.33. The summed E-state index contributed by atoms with van der Waals surface area (Å²) in [6.45, 7) is 10.1. The second-order valence-electron chi connectivity index (χ2n) is 9.76. The normalized spacial score (nSPS) is 13.6. The summed E-state index contributed by atoms with van der Waals surface area (Å²) in [7, 11) is 0. The van der Waals surface area contributed by atoms with Crippen LogP contribution in [0.5, 0.6) is 5.75 Å². The Kier molecular flexibility index (Phi) is 8.39. The summed E-state index contributed by atoms with van der Waals surface area (Å²) in [4.78, 5) is 57.1. The lowest BCUT2D eigenvalue weighted by atomic mass is 10.0. The molecule has 2 aromatic carbocycles. The highest BCUT2D eigenvalue weighted by Gasteiger charge is 2.29. The molecule has 0 bridgehead atoms. The molecule has 0 saturated heterocycles. The molecule has 0 aliphatic carbocycles. The van der Waals surface area contributed by atoms with Gasteiger partial charge in [0.1, 0.15) is 29.7 Å². The van der Waals surface area contributed by atoms with Gasteiger partial charge in [-0.15, -0.1) is 0 Å². The number of amides is 3. The third kappa shape index (κ3) is 6.28. The van der Waals surface area contributed by atoms with Gasteiger partial charge in [0, 0.05) is 5.56 Å². The van der Waals surface area contributed by atoms with Crippen LogP contribution in [0.4, 0.5) is 0 Å². The number of carbonyl (C=O) groups is 4. The molecule has 0 aliphatic heterocycles. The van der Waals surface area contributed by atoms with E-state index in [1.54, 1.807) is 19.9 Å². The maximum absolute atomic E-state index is 13.0. The Morgan fingerprint density at radius 2 is 1.53 bits per heavy atom. The van der Waals surface area contributed by atoms with Crippen molar-refractivity contribution in [2.24, 2.45) is 5.92 Å². The molecule has 0 radical (unpaired) electrons. The molecule has 1 heterocycles. The zero-order valence-corrected chi connectivity index (χ0v) is 22.2. The van der Waals surface area contributed by atoms with Crippen molar-refractivity contribution < 1.29 is 29.4 Å². The Bertz CT molecular complexity index is 1360. The molecule has 0 saturated carbocycles. The van der Waals surface area contributed by atoms with Gasteiger partial charge < -0.3 is 31.1 Å². The minimum absolute atomic E-state index is 0.0524. The average molecular weight is 524 g/mol. The number of benzene rings is 2. The molecule has 3 rings (SSSR count). The predicted octanol–water partition coefficient (Wildman–Crippen LogP) is 2.40. The fourth-order valence-corrected chi connectivity index (χ4v) is 3.79. The van der Waals surface area contributed by atoms with Crippen LogP contribution in [-0.2, 0) is 14.4 Å². The van der Waals surface area contributed by atoms with Crippen LogP contribution in [0.25, 0.3) is 22.4 Å². The van der Waals surface area contributed by atoms with E-state index in [-0.39, 0.29) is 17.2 Å². The van der Waals surface area contributed by atoms with Gasteiger partial charge in [0.25, 0.3) is 5.91 Å². The molecule has 0 fully saturated rings. The van der Waals surface area contributed by atoms with Gasteiger partial charge in [-0.2, -0.15) is 0 Å². The smallest absolute Gasteiger partial charge is 0.325 e. The number of carboxylic acid groups (broad SMARTS) is 1. The Morgan fingerprint density at radius 1 is 0.868 bits per heavy atom. The van der Waals surface area contributed by atoms with E-state index in [2.05, 4.69) is 25.9 Å². The summed E-state index contributed by atoms with van der Waals surface area (Å²) >= 11 is 0. The number of aromatic hydroxyl groups is 1. The zero-order valence-electron chi connectivity index (χ0n) is 22.2. The van der Waals surface area contributed by atoms with Crippen LogP contribution in [0.3, 0.4) is 0 Å². The van der Waals surface area contributed by atoms with Crippen molar-refractivity contribution in [1.29, 1.82) is 0 Å². The van der Waals surface area contributed by atoms with Gasteiger partial charge in [0.2, 0.25) is 11.8 Å². The quantitative estimate of drug-likeness (QED) is 0.250. The van der Waals surface area contributed by atoms with Crippen LogP contribution in [0.2, 0.25) is 0 Å². The largest absolute Gasteiger partial charge is 0.507 e. The predicted molar refractivity (Wildman–Crippen MR) is 142 cm³/mol. The number of aromatic nitrogens is 2. The van der Waals surface area contributed by atoms with E-state index in [4.69, 9.17) is 5.11 Å². The number of nitrogens with zero attached hydrogens (tertiary/aromatic N) is 1. The number of hydrogen-bond acceptors (Lipinski definition) is 6. The molecule has 1 aromatic heterocycles. The fraction of sp³-hybridized carbons (Fsp3) is 0.370. The number of hydrogen-bond donors (Lipinski definition) is 6. The van der Waals surface area contributed by atoms with Crippen molar-refractivity contribution >= 4 is 34.7 Å². The number of aryl methyl sites for hydroxylation is 2. The Balaban J connectivity index is 1.74. The first-order valence-corrected chi connectivity index (χ1v) is 12.2. The first-order chi connectivity index (χ1) is 17.8. The van der Waals surface area contributed by atoms with Crippen molar-refractivity contribution in [3.8, 4) is 17.1 Å². The number of aromatic amines is 1. The topological polar surface area (TPSA) is 174 Å². The lowest BCUT2D eigenvalue weighted by Crippen LogP contribution is -2.56. The maximum Gasteiger partial charge on any atom is 0.325 e. The van der Waals surface area contributed by atoms with E-state index in [0.29, 0.717) is 11.4 Å². The van der Waals surface area contributed by atoms with E-state index in [1.165, 1.54) is 26.0 Å². The van der Waals surface area contributed by atoms with Gasteiger partial charge in [-0.05, 0) is 75.1 Å². The van der Waals surface area contributed by atoms with E-state index in [1.807, 2.05) is 26.0 Å². The van der Waals surface area contributed by atoms with E-state index < -0.39 is 41.8 Å². The summed E-state index contributed by atoms with van der Waals surface area (Å²) in [5, 5.41) is 26.8. The van der Waals surface area contributed by atoms with Gasteiger partial charge >= 0.3 is 5.97 Å². The molecule has 38 heavy (non-hydrogen) atoms. The summed E-state index contributed by atoms with van der Waals surface area (Å²) in [6, 6.07) is 5.23. The van der Waals surface area contributed by atoms with Crippen LogP contribution in [0.1, 0.15) is 49.2 Å². The molecule has 202 valence electrons. The Labute approximate surface area is 220 Å². The molecule has 3 aromatic rings. The van der Waals surface area contributed by atoms with Gasteiger partial charge in [0.15, 0.2) is 0 Å². The monoisotopic (exact) mass is 523 g/mol. The number of carbonyl (C=O) groups excluding carboxylic acids is 3. The van der Waals surface area contributed by atoms with E-state index in [9.17, 15) is 24.3 Å². The molecule has 6 N–H and O–H groups in total. The van der Waals surface area contributed by atoms with Crippen LogP contribution in [-0.4, -0.2) is 62.0 Å². The number of fused-ring (bicyclic) bond motifs is 1. The molecule has 3 amide bonds. The number of carboxylic acids is 1. The number of aliphatic carboxylic acids is 1. The standard InChI is InChI=1S/C27H33N5O6/c1-12(2)22(26(36)29-16(6)27(37)38)32-24(34)15(5)28-25(35)18-11-17(7-8-21(18)33)23-30-19-9-13(3)14(4)10-20(19)31-23/h7-12,15-16,22,33H,1-6H3,(H,28,35)(H,29,36)(H,30,31)(H,32,34)(H,37,38)/t15-,16-,22-/m0/s1. The number of imidazole rings is 1. The average Bonchev–Trinajstić information content (AvgIpc) is 3.24. The van der Waals surface area contributed by atoms with Crippen molar-refractivity contribution in [2.45, 2.75) is 59.7 Å². The summed E-state index contributed by atoms with van der Waals surface area (Å²) in [5.41, 5.74) is 4.34. The highest BCUT2D eigenvalue weighted by molar-refractivity contribution is 6.01. The molecule has 3 atom stereocenters. The molecule has 11 nitrogen and oxygen atoms in total. The number of nitrogens with one attached hydrogen (secondary N) is 4. The second kappa shape index (κ2) is 11.3. The summed E-state index contributed by atoms with van der Waals surface area (Å²) in [5.74, 6) is -3.30. The highest BCUT2D eigenvalue weighted by Crippen LogP contribution is 2.27. The van der Waals surface area contributed by atoms with E-state index >= 15 is 0 Å². The number of H-pyrrole nitrogens is 1. The highest BCUT2D eigenvalue weighted by atomic mass is 16.4. The fourth-order valence-electron chi connectivity index (χ4n) is 3.79.